The first-order valence-corrected chi connectivity index (χ1v) is 12.2. The molecular formula is C25H27ClN8O. The Morgan fingerprint density at radius 2 is 1.94 bits per heavy atom. The zero-order chi connectivity index (χ0) is 23.9. The van der Waals surface area contributed by atoms with Crippen molar-refractivity contribution >= 4 is 40.5 Å². The summed E-state index contributed by atoms with van der Waals surface area (Å²) in [4.78, 5) is 27.0. The number of anilines is 4. The number of hydrogen-bond donors (Lipinski definition) is 4. The number of hydrazine groups is 2. The Morgan fingerprint density at radius 1 is 1.11 bits per heavy atom. The number of halogens is 1. The van der Waals surface area contributed by atoms with Gasteiger partial charge >= 0.3 is 0 Å². The van der Waals surface area contributed by atoms with E-state index in [1.54, 1.807) is 0 Å². The minimum absolute atomic E-state index is 0.0842. The van der Waals surface area contributed by atoms with E-state index in [2.05, 4.69) is 38.5 Å². The van der Waals surface area contributed by atoms with E-state index < -0.39 is 0 Å². The molecule has 0 aliphatic carbocycles. The zero-order valence-corrected chi connectivity index (χ0v) is 20.1. The summed E-state index contributed by atoms with van der Waals surface area (Å²) in [5, 5.41) is 3.95. The molecule has 9 nitrogen and oxygen atoms in total. The topological polar surface area (TPSA) is 97.5 Å². The van der Waals surface area contributed by atoms with Crippen molar-refractivity contribution in [2.45, 2.75) is 44.9 Å². The van der Waals surface area contributed by atoms with Gasteiger partial charge in [0, 0.05) is 59.8 Å². The Morgan fingerprint density at radius 3 is 2.77 bits per heavy atom. The van der Waals surface area contributed by atoms with Crippen molar-refractivity contribution in [2.75, 3.05) is 22.7 Å². The van der Waals surface area contributed by atoms with Crippen LogP contribution in [0.2, 0.25) is 5.02 Å². The van der Waals surface area contributed by atoms with Crippen LogP contribution >= 0.6 is 11.6 Å². The average molecular weight is 491 g/mol. The van der Waals surface area contributed by atoms with Crippen molar-refractivity contribution in [2.24, 2.45) is 0 Å². The third kappa shape index (κ3) is 4.38. The molecule has 2 aromatic carbocycles. The molecule has 4 N–H and O–H groups in total. The number of likely N-dealkylation sites (tertiary alicyclic amines) is 1. The third-order valence-electron chi connectivity index (χ3n) is 7.07. The lowest BCUT2D eigenvalue weighted by Crippen LogP contribution is -2.50. The van der Waals surface area contributed by atoms with Crippen LogP contribution in [0.1, 0.15) is 41.4 Å². The van der Waals surface area contributed by atoms with Gasteiger partial charge in [-0.3, -0.25) is 9.69 Å². The second kappa shape index (κ2) is 8.99. The second-order valence-corrected chi connectivity index (χ2v) is 9.80. The van der Waals surface area contributed by atoms with Crippen LogP contribution in [0.3, 0.4) is 0 Å². The molecule has 1 amide bonds. The smallest absolute Gasteiger partial charge is 0.254 e. The van der Waals surface area contributed by atoms with Crippen LogP contribution in [0.4, 0.5) is 23.0 Å². The SMILES string of the molecule is C[C@@H]1C[C@H](N2Cc3cnc(Nc4ccc(Cl)cc4)nc3C2)CCN1C(=O)c1ccc2c(c1)NNN2. The molecule has 0 unspecified atom stereocenters. The van der Waals surface area contributed by atoms with Gasteiger partial charge in [0.15, 0.2) is 0 Å². The Balaban J connectivity index is 1.09. The lowest BCUT2D eigenvalue weighted by Gasteiger charge is -2.41. The fourth-order valence-electron chi connectivity index (χ4n) is 5.16. The van der Waals surface area contributed by atoms with Crippen LogP contribution < -0.4 is 21.7 Å². The molecule has 2 atom stereocenters. The highest BCUT2D eigenvalue weighted by Crippen LogP contribution is 2.32. The molecule has 0 saturated carbocycles. The van der Waals surface area contributed by atoms with E-state index in [9.17, 15) is 4.79 Å². The molecule has 1 aromatic heterocycles. The van der Waals surface area contributed by atoms with Gasteiger partial charge in [0.1, 0.15) is 0 Å². The van der Waals surface area contributed by atoms with Crippen molar-refractivity contribution in [3.05, 3.63) is 70.5 Å². The van der Waals surface area contributed by atoms with E-state index in [-0.39, 0.29) is 11.9 Å². The highest BCUT2D eigenvalue weighted by molar-refractivity contribution is 6.30. The van der Waals surface area contributed by atoms with Gasteiger partial charge < -0.3 is 21.1 Å². The molecule has 180 valence electrons. The minimum atomic E-state index is 0.0842. The number of carbonyl (C=O) groups excluding carboxylic acids is 1. The first kappa shape index (κ1) is 22.1. The number of nitrogens with one attached hydrogen (secondary N) is 4. The largest absolute Gasteiger partial charge is 0.336 e. The van der Waals surface area contributed by atoms with E-state index in [1.165, 1.54) is 5.56 Å². The maximum absolute atomic E-state index is 13.2. The Kier molecular flexibility index (Phi) is 5.68. The summed E-state index contributed by atoms with van der Waals surface area (Å²) in [6, 6.07) is 13.8. The predicted octanol–water partition coefficient (Wildman–Crippen LogP) is 4.14. The van der Waals surface area contributed by atoms with Crippen molar-refractivity contribution in [3.8, 4) is 0 Å². The van der Waals surface area contributed by atoms with E-state index in [1.807, 2.05) is 53.6 Å². The highest BCUT2D eigenvalue weighted by Gasteiger charge is 2.35. The molecular weight excluding hydrogens is 464 g/mol. The number of aromatic nitrogens is 2. The summed E-state index contributed by atoms with van der Waals surface area (Å²) < 4.78 is 0. The zero-order valence-electron chi connectivity index (χ0n) is 19.4. The number of rotatable bonds is 4. The second-order valence-electron chi connectivity index (χ2n) is 9.36. The van der Waals surface area contributed by atoms with E-state index in [4.69, 9.17) is 16.6 Å². The molecule has 0 radical (unpaired) electrons. The highest BCUT2D eigenvalue weighted by atomic mass is 35.5. The van der Waals surface area contributed by atoms with Crippen LogP contribution in [0.5, 0.6) is 0 Å². The van der Waals surface area contributed by atoms with Gasteiger partial charge in [-0.2, -0.15) is 0 Å². The summed E-state index contributed by atoms with van der Waals surface area (Å²) in [5.41, 5.74) is 14.6. The van der Waals surface area contributed by atoms with Crippen LogP contribution in [0.15, 0.2) is 48.7 Å². The quantitative estimate of drug-likeness (QED) is 0.433. The van der Waals surface area contributed by atoms with Crippen LogP contribution in [-0.2, 0) is 13.1 Å². The number of carbonyl (C=O) groups is 1. The van der Waals surface area contributed by atoms with Gasteiger partial charge in [0.05, 0.1) is 17.1 Å². The number of fused-ring (bicyclic) bond motifs is 2. The first-order chi connectivity index (χ1) is 17.0. The first-order valence-electron chi connectivity index (χ1n) is 11.9. The number of amides is 1. The molecule has 6 rings (SSSR count). The summed E-state index contributed by atoms with van der Waals surface area (Å²) >= 11 is 5.98. The number of nitrogens with zero attached hydrogens (tertiary/aromatic N) is 4. The maximum Gasteiger partial charge on any atom is 0.254 e. The van der Waals surface area contributed by atoms with Gasteiger partial charge in [0.25, 0.3) is 5.91 Å². The van der Waals surface area contributed by atoms with Gasteiger partial charge in [-0.1, -0.05) is 11.6 Å². The van der Waals surface area contributed by atoms with E-state index in [0.29, 0.717) is 22.6 Å². The standard InChI is InChI=1S/C25H27ClN8O/c1-15-10-20(8-9-34(15)24(35)16-2-7-21-22(11-16)31-32-30-21)33-13-17-12-27-25(29-23(17)14-33)28-19-5-3-18(26)4-6-19/h2-7,11-12,15,20,30-32H,8-10,13-14H2,1H3,(H,27,28,29)/t15-,20-/m1/s1. The Hall–Kier alpha value is -3.40. The van der Waals surface area contributed by atoms with Crippen molar-refractivity contribution in [1.29, 1.82) is 0 Å². The molecule has 3 aliphatic rings. The third-order valence-corrected chi connectivity index (χ3v) is 7.32. The molecule has 0 spiro atoms. The minimum Gasteiger partial charge on any atom is -0.336 e. The monoisotopic (exact) mass is 490 g/mol. The Bertz CT molecular complexity index is 1270. The molecule has 0 bridgehead atoms. The summed E-state index contributed by atoms with van der Waals surface area (Å²) in [6.45, 7) is 4.54. The molecule has 10 heteroatoms. The number of benzene rings is 2. The van der Waals surface area contributed by atoms with E-state index in [0.717, 1.165) is 55.2 Å². The molecule has 1 fully saturated rings. The fourth-order valence-corrected chi connectivity index (χ4v) is 5.29. The molecule has 3 aliphatic heterocycles. The summed E-state index contributed by atoms with van der Waals surface area (Å²) in [6.07, 6.45) is 3.81. The van der Waals surface area contributed by atoms with Gasteiger partial charge in [0.2, 0.25) is 5.95 Å². The summed E-state index contributed by atoms with van der Waals surface area (Å²) in [5.74, 6) is 0.678. The summed E-state index contributed by atoms with van der Waals surface area (Å²) in [7, 11) is 0. The number of hydrogen-bond acceptors (Lipinski definition) is 8. The molecule has 4 heterocycles. The lowest BCUT2D eigenvalue weighted by molar-refractivity contribution is 0.0460. The fraction of sp³-hybridized carbons (Fsp3) is 0.320. The average Bonchev–Trinajstić information content (AvgIpc) is 3.51. The van der Waals surface area contributed by atoms with E-state index >= 15 is 0 Å². The molecule has 3 aromatic rings. The number of piperidine rings is 1. The normalized spacial score (nSPS) is 21.1. The lowest BCUT2D eigenvalue weighted by atomic mass is 9.96. The van der Waals surface area contributed by atoms with Crippen LogP contribution in [0, 0.1) is 0 Å². The van der Waals surface area contributed by atoms with Gasteiger partial charge in [-0.15, -0.1) is 5.53 Å². The van der Waals surface area contributed by atoms with Gasteiger partial charge in [-0.05, 0) is 62.2 Å². The van der Waals surface area contributed by atoms with Crippen LogP contribution in [0.25, 0.3) is 0 Å². The van der Waals surface area contributed by atoms with Crippen molar-refractivity contribution in [1.82, 2.24) is 25.3 Å². The van der Waals surface area contributed by atoms with Crippen LogP contribution in [-0.4, -0.2) is 44.3 Å². The maximum atomic E-state index is 13.2. The molecule has 1 saturated heterocycles. The Labute approximate surface area is 208 Å². The van der Waals surface area contributed by atoms with Crippen molar-refractivity contribution < 1.29 is 4.79 Å². The van der Waals surface area contributed by atoms with Crippen molar-refractivity contribution in [3.63, 3.8) is 0 Å². The molecule has 35 heavy (non-hydrogen) atoms. The van der Waals surface area contributed by atoms with Gasteiger partial charge in [-0.25, -0.2) is 9.97 Å². The predicted molar refractivity (Wildman–Crippen MR) is 136 cm³/mol.